The van der Waals surface area contributed by atoms with Crippen molar-refractivity contribution in [2.45, 2.75) is 19.5 Å². The van der Waals surface area contributed by atoms with E-state index in [-0.39, 0.29) is 0 Å². The van der Waals surface area contributed by atoms with Crippen LogP contribution in [0.15, 0.2) is 30.5 Å². The Morgan fingerprint density at radius 1 is 1.14 bits per heavy atom. The molecule has 0 saturated carbocycles. The Morgan fingerprint density at radius 2 is 1.90 bits per heavy atom. The molecule has 0 N–H and O–H groups in total. The van der Waals surface area contributed by atoms with Gasteiger partial charge in [0.05, 0.1) is 7.11 Å². The van der Waals surface area contributed by atoms with Crippen molar-refractivity contribution in [2.24, 2.45) is 0 Å². The Morgan fingerprint density at radius 3 is 2.62 bits per heavy atom. The molecule has 0 radical (unpaired) electrons. The van der Waals surface area contributed by atoms with Crippen molar-refractivity contribution in [2.75, 3.05) is 40.3 Å². The molecular formula is C17H25N3O. The summed E-state index contributed by atoms with van der Waals surface area (Å²) in [4.78, 5) is 5.00. The molecule has 1 unspecified atom stereocenters. The molecule has 2 heterocycles. The Bertz CT molecular complexity index is 599. The van der Waals surface area contributed by atoms with Crippen molar-refractivity contribution in [3.8, 4) is 5.75 Å². The molecule has 1 saturated heterocycles. The summed E-state index contributed by atoms with van der Waals surface area (Å²) in [5.41, 5.74) is 1.29. The summed E-state index contributed by atoms with van der Waals surface area (Å²) >= 11 is 0. The van der Waals surface area contributed by atoms with E-state index in [0.29, 0.717) is 6.04 Å². The molecule has 1 fully saturated rings. The van der Waals surface area contributed by atoms with Gasteiger partial charge in [0.2, 0.25) is 0 Å². The lowest BCUT2D eigenvalue weighted by Gasteiger charge is -2.36. The zero-order valence-electron chi connectivity index (χ0n) is 13.2. The molecule has 0 amide bonds. The summed E-state index contributed by atoms with van der Waals surface area (Å²) in [6.07, 6.45) is 2.19. The SMILES string of the molecule is COc1ccc2c(ccn2CC(C)N2CCN(C)CC2)c1. The number of hydrogen-bond acceptors (Lipinski definition) is 3. The third kappa shape index (κ3) is 3.06. The molecule has 4 heteroatoms. The van der Waals surface area contributed by atoms with Crippen molar-refractivity contribution in [3.63, 3.8) is 0 Å². The van der Waals surface area contributed by atoms with Gasteiger partial charge in [-0.15, -0.1) is 0 Å². The predicted octanol–water partition coefficient (Wildman–Crippen LogP) is 2.29. The molecule has 1 aromatic carbocycles. The van der Waals surface area contributed by atoms with E-state index in [2.05, 4.69) is 52.7 Å². The molecule has 0 aliphatic carbocycles. The van der Waals surface area contributed by atoms with Gasteiger partial charge < -0.3 is 14.2 Å². The highest BCUT2D eigenvalue weighted by atomic mass is 16.5. The predicted molar refractivity (Wildman–Crippen MR) is 87.0 cm³/mol. The van der Waals surface area contributed by atoms with E-state index >= 15 is 0 Å². The minimum absolute atomic E-state index is 0.566. The van der Waals surface area contributed by atoms with Gasteiger partial charge in [0, 0.05) is 55.9 Å². The van der Waals surface area contributed by atoms with Crippen LogP contribution in [0.4, 0.5) is 0 Å². The van der Waals surface area contributed by atoms with Gasteiger partial charge in [0.1, 0.15) is 5.75 Å². The fraction of sp³-hybridized carbons (Fsp3) is 0.529. The smallest absolute Gasteiger partial charge is 0.119 e. The van der Waals surface area contributed by atoms with Crippen molar-refractivity contribution < 1.29 is 4.74 Å². The molecular weight excluding hydrogens is 262 g/mol. The molecule has 0 spiro atoms. The average Bonchev–Trinajstić information content (AvgIpc) is 2.90. The number of methoxy groups -OCH3 is 1. The first-order chi connectivity index (χ1) is 10.2. The normalized spacial score (nSPS) is 19.0. The number of aromatic nitrogens is 1. The van der Waals surface area contributed by atoms with Gasteiger partial charge in [0.15, 0.2) is 0 Å². The number of fused-ring (bicyclic) bond motifs is 1. The van der Waals surface area contributed by atoms with Crippen LogP contribution in [0, 0.1) is 0 Å². The van der Waals surface area contributed by atoms with Gasteiger partial charge >= 0.3 is 0 Å². The summed E-state index contributed by atoms with van der Waals surface area (Å²) in [5, 5.41) is 1.25. The van der Waals surface area contributed by atoms with Crippen LogP contribution < -0.4 is 4.74 Å². The van der Waals surface area contributed by atoms with E-state index in [1.54, 1.807) is 7.11 Å². The standard InChI is InChI=1S/C17H25N3O/c1-14(19-10-8-18(2)9-11-19)13-20-7-6-15-12-16(21-3)4-5-17(15)20/h4-7,12,14H,8-11,13H2,1-3H3. The fourth-order valence-corrected chi connectivity index (χ4v) is 3.13. The lowest BCUT2D eigenvalue weighted by molar-refractivity contribution is 0.111. The first-order valence-electron chi connectivity index (χ1n) is 7.73. The van der Waals surface area contributed by atoms with E-state index in [4.69, 9.17) is 4.74 Å². The third-order valence-electron chi connectivity index (χ3n) is 4.60. The molecule has 0 bridgehead atoms. The maximum absolute atomic E-state index is 5.30. The minimum Gasteiger partial charge on any atom is -0.497 e. The lowest BCUT2D eigenvalue weighted by atomic mass is 10.2. The largest absolute Gasteiger partial charge is 0.497 e. The summed E-state index contributed by atoms with van der Waals surface area (Å²) in [7, 11) is 3.92. The second-order valence-electron chi connectivity index (χ2n) is 6.08. The second-order valence-corrected chi connectivity index (χ2v) is 6.08. The van der Waals surface area contributed by atoms with Crippen LogP contribution in [0.1, 0.15) is 6.92 Å². The monoisotopic (exact) mass is 287 g/mol. The highest BCUT2D eigenvalue weighted by molar-refractivity contribution is 5.81. The highest BCUT2D eigenvalue weighted by Crippen LogP contribution is 2.22. The summed E-state index contributed by atoms with van der Waals surface area (Å²) in [5.74, 6) is 0.923. The third-order valence-corrected chi connectivity index (χ3v) is 4.60. The minimum atomic E-state index is 0.566. The van der Waals surface area contributed by atoms with Crippen LogP contribution in [0.3, 0.4) is 0 Å². The van der Waals surface area contributed by atoms with Crippen LogP contribution in [-0.2, 0) is 6.54 Å². The van der Waals surface area contributed by atoms with Gasteiger partial charge in [-0.05, 0) is 38.2 Å². The average molecular weight is 287 g/mol. The molecule has 3 rings (SSSR count). The topological polar surface area (TPSA) is 20.6 Å². The zero-order valence-corrected chi connectivity index (χ0v) is 13.2. The Balaban J connectivity index is 1.72. The molecule has 4 nitrogen and oxygen atoms in total. The van der Waals surface area contributed by atoms with Crippen molar-refractivity contribution in [1.82, 2.24) is 14.4 Å². The summed E-state index contributed by atoms with van der Waals surface area (Å²) < 4.78 is 7.65. The molecule has 2 aromatic rings. The van der Waals surface area contributed by atoms with Gasteiger partial charge in [-0.25, -0.2) is 0 Å². The Hall–Kier alpha value is -1.52. The van der Waals surface area contributed by atoms with Crippen molar-refractivity contribution >= 4 is 10.9 Å². The number of rotatable bonds is 4. The number of piperazine rings is 1. The summed E-state index contributed by atoms with van der Waals surface area (Å²) in [6.45, 7) is 8.07. The molecule has 1 aliphatic rings. The first-order valence-corrected chi connectivity index (χ1v) is 7.73. The number of benzene rings is 1. The molecule has 1 aromatic heterocycles. The van der Waals surface area contributed by atoms with Gasteiger partial charge in [-0.1, -0.05) is 0 Å². The second kappa shape index (κ2) is 6.08. The lowest BCUT2D eigenvalue weighted by Crippen LogP contribution is -2.49. The van der Waals surface area contributed by atoms with E-state index in [1.165, 1.54) is 37.1 Å². The molecule has 21 heavy (non-hydrogen) atoms. The van der Waals surface area contributed by atoms with Crippen LogP contribution in [0.5, 0.6) is 5.75 Å². The van der Waals surface area contributed by atoms with Crippen LogP contribution in [0.25, 0.3) is 10.9 Å². The van der Waals surface area contributed by atoms with E-state index < -0.39 is 0 Å². The van der Waals surface area contributed by atoms with Crippen LogP contribution in [-0.4, -0.2) is 60.7 Å². The van der Waals surface area contributed by atoms with Crippen LogP contribution >= 0.6 is 0 Å². The fourth-order valence-electron chi connectivity index (χ4n) is 3.13. The van der Waals surface area contributed by atoms with Crippen molar-refractivity contribution in [3.05, 3.63) is 30.5 Å². The van der Waals surface area contributed by atoms with Crippen LogP contribution in [0.2, 0.25) is 0 Å². The maximum Gasteiger partial charge on any atom is 0.119 e. The quantitative estimate of drug-likeness (QED) is 0.861. The Kier molecular flexibility index (Phi) is 4.17. The van der Waals surface area contributed by atoms with E-state index in [9.17, 15) is 0 Å². The maximum atomic E-state index is 5.30. The molecule has 1 atom stereocenters. The van der Waals surface area contributed by atoms with E-state index in [0.717, 1.165) is 12.3 Å². The molecule has 114 valence electrons. The first kappa shape index (κ1) is 14.4. The summed E-state index contributed by atoms with van der Waals surface area (Å²) in [6, 6.07) is 9.04. The number of nitrogens with zero attached hydrogens (tertiary/aromatic N) is 3. The van der Waals surface area contributed by atoms with E-state index in [1.807, 2.05) is 6.07 Å². The number of likely N-dealkylation sites (N-methyl/N-ethyl adjacent to an activating group) is 1. The molecule has 1 aliphatic heterocycles. The number of ether oxygens (including phenoxy) is 1. The van der Waals surface area contributed by atoms with Gasteiger partial charge in [0.25, 0.3) is 0 Å². The highest BCUT2D eigenvalue weighted by Gasteiger charge is 2.19. The zero-order chi connectivity index (χ0) is 14.8. The Labute approximate surface area is 126 Å². The van der Waals surface area contributed by atoms with Crippen molar-refractivity contribution in [1.29, 1.82) is 0 Å². The number of hydrogen-bond donors (Lipinski definition) is 0. The van der Waals surface area contributed by atoms with Gasteiger partial charge in [-0.3, -0.25) is 4.90 Å². The van der Waals surface area contributed by atoms with Gasteiger partial charge in [-0.2, -0.15) is 0 Å².